The van der Waals surface area contributed by atoms with E-state index in [-0.39, 0.29) is 0 Å². The molecule has 0 aliphatic heterocycles. The molecular formula is C10H8BrCl2N. The first-order chi connectivity index (χ1) is 6.44. The second-order valence-electron chi connectivity index (χ2n) is 3.08. The van der Waals surface area contributed by atoms with Crippen molar-refractivity contribution in [3.8, 4) is 6.07 Å². The smallest absolute Gasteiger partial charge is 0.195 e. The lowest BCUT2D eigenvalue weighted by Crippen LogP contribution is -2.13. The van der Waals surface area contributed by atoms with Crippen LogP contribution in [-0.4, -0.2) is 4.33 Å². The zero-order valence-corrected chi connectivity index (χ0v) is 10.6. The minimum atomic E-state index is -1.34. The van der Waals surface area contributed by atoms with E-state index in [0.717, 1.165) is 15.6 Å². The topological polar surface area (TPSA) is 23.8 Å². The third-order valence-electron chi connectivity index (χ3n) is 1.83. The third kappa shape index (κ3) is 3.16. The number of halogens is 3. The van der Waals surface area contributed by atoms with E-state index in [1.165, 1.54) is 0 Å². The summed E-state index contributed by atoms with van der Waals surface area (Å²) in [6.07, 6.45) is 0.325. The predicted molar refractivity (Wildman–Crippen MR) is 62.6 cm³/mol. The molecule has 0 aromatic heterocycles. The van der Waals surface area contributed by atoms with Gasteiger partial charge in [0.1, 0.15) is 6.07 Å². The van der Waals surface area contributed by atoms with Gasteiger partial charge in [-0.1, -0.05) is 51.3 Å². The van der Waals surface area contributed by atoms with Crippen LogP contribution < -0.4 is 0 Å². The van der Waals surface area contributed by atoms with Crippen LogP contribution in [0, 0.1) is 18.3 Å². The molecule has 1 nitrogen and oxygen atoms in total. The highest BCUT2D eigenvalue weighted by Crippen LogP contribution is 2.27. The van der Waals surface area contributed by atoms with Gasteiger partial charge in [-0.05, 0) is 24.1 Å². The Labute approximate surface area is 102 Å². The van der Waals surface area contributed by atoms with Crippen LogP contribution in [0.1, 0.15) is 11.1 Å². The molecule has 0 heterocycles. The molecule has 0 atom stereocenters. The number of alkyl halides is 2. The summed E-state index contributed by atoms with van der Waals surface area (Å²) in [6.45, 7) is 1.99. The average molecular weight is 293 g/mol. The number of nitrogens with zero attached hydrogens (tertiary/aromatic N) is 1. The standard InChI is InChI=1S/C10H8BrCl2N/c1-7-2-3-8(4-9(7)11)5-10(12,13)6-14/h2-4H,5H2,1H3. The van der Waals surface area contributed by atoms with E-state index in [9.17, 15) is 0 Å². The second-order valence-corrected chi connectivity index (χ2v) is 5.41. The fraction of sp³-hybridized carbons (Fsp3) is 0.300. The number of aryl methyl sites for hydroxylation is 1. The molecule has 74 valence electrons. The second kappa shape index (κ2) is 4.53. The summed E-state index contributed by atoms with van der Waals surface area (Å²) in [5, 5.41) is 8.65. The molecule has 1 aromatic rings. The molecular weight excluding hydrogens is 285 g/mol. The number of nitriles is 1. The first-order valence-corrected chi connectivity index (χ1v) is 5.53. The van der Waals surface area contributed by atoms with Gasteiger partial charge in [-0.2, -0.15) is 5.26 Å². The first kappa shape index (κ1) is 11.8. The zero-order valence-electron chi connectivity index (χ0n) is 7.52. The van der Waals surface area contributed by atoms with Gasteiger partial charge in [0.15, 0.2) is 0 Å². The highest BCUT2D eigenvalue weighted by Gasteiger charge is 2.23. The Morgan fingerprint density at radius 2 is 2.14 bits per heavy atom. The Kier molecular flexibility index (Phi) is 3.83. The maximum atomic E-state index is 8.65. The van der Waals surface area contributed by atoms with Gasteiger partial charge in [0.25, 0.3) is 0 Å². The molecule has 0 spiro atoms. The first-order valence-electron chi connectivity index (χ1n) is 3.99. The van der Waals surface area contributed by atoms with Gasteiger partial charge in [0.2, 0.25) is 4.33 Å². The Morgan fingerprint density at radius 3 is 2.64 bits per heavy atom. The molecule has 0 aliphatic carbocycles. The highest BCUT2D eigenvalue weighted by atomic mass is 79.9. The maximum Gasteiger partial charge on any atom is 0.207 e. The van der Waals surface area contributed by atoms with Crippen LogP contribution >= 0.6 is 39.1 Å². The van der Waals surface area contributed by atoms with Crippen molar-refractivity contribution < 1.29 is 0 Å². The van der Waals surface area contributed by atoms with Crippen molar-refractivity contribution in [1.29, 1.82) is 5.26 Å². The van der Waals surface area contributed by atoms with Crippen LogP contribution in [0.4, 0.5) is 0 Å². The number of hydrogen-bond acceptors (Lipinski definition) is 1. The molecule has 0 amide bonds. The van der Waals surface area contributed by atoms with Crippen LogP contribution in [0.2, 0.25) is 0 Å². The summed E-state index contributed by atoms with van der Waals surface area (Å²) in [6, 6.07) is 7.63. The molecule has 14 heavy (non-hydrogen) atoms. The molecule has 0 N–H and O–H groups in total. The summed E-state index contributed by atoms with van der Waals surface area (Å²) in [5.41, 5.74) is 2.08. The van der Waals surface area contributed by atoms with Gasteiger partial charge in [0, 0.05) is 10.9 Å². The summed E-state index contributed by atoms with van der Waals surface area (Å²) >= 11 is 14.9. The Hall–Kier alpha value is -0.230. The molecule has 1 aromatic carbocycles. The monoisotopic (exact) mass is 291 g/mol. The molecule has 0 aliphatic rings. The summed E-state index contributed by atoms with van der Waals surface area (Å²) in [7, 11) is 0. The molecule has 0 bridgehead atoms. The minimum absolute atomic E-state index is 0.325. The van der Waals surface area contributed by atoms with E-state index in [2.05, 4.69) is 15.9 Å². The van der Waals surface area contributed by atoms with E-state index < -0.39 is 4.33 Å². The largest absolute Gasteiger partial charge is 0.207 e. The lowest BCUT2D eigenvalue weighted by atomic mass is 10.1. The van der Waals surface area contributed by atoms with Gasteiger partial charge < -0.3 is 0 Å². The maximum absolute atomic E-state index is 8.65. The van der Waals surface area contributed by atoms with Crippen LogP contribution in [0.5, 0.6) is 0 Å². The Bertz CT molecular complexity index is 382. The van der Waals surface area contributed by atoms with Crippen molar-refractivity contribution in [3.05, 3.63) is 33.8 Å². The van der Waals surface area contributed by atoms with Crippen LogP contribution in [0.15, 0.2) is 22.7 Å². The Morgan fingerprint density at radius 1 is 1.50 bits per heavy atom. The Balaban J connectivity index is 2.90. The number of rotatable bonds is 2. The van der Waals surface area contributed by atoms with Crippen molar-refractivity contribution in [2.45, 2.75) is 17.7 Å². The number of hydrogen-bond donors (Lipinski definition) is 0. The lowest BCUT2D eigenvalue weighted by molar-refractivity contribution is 0.944. The molecule has 4 heteroatoms. The van der Waals surface area contributed by atoms with Gasteiger partial charge in [-0.3, -0.25) is 0 Å². The van der Waals surface area contributed by atoms with Crippen LogP contribution in [0.3, 0.4) is 0 Å². The number of benzene rings is 1. The van der Waals surface area contributed by atoms with Gasteiger partial charge in [0.05, 0.1) is 0 Å². The van der Waals surface area contributed by atoms with Gasteiger partial charge in [-0.15, -0.1) is 0 Å². The van der Waals surface area contributed by atoms with Crippen molar-refractivity contribution in [1.82, 2.24) is 0 Å². The van der Waals surface area contributed by atoms with Crippen molar-refractivity contribution in [2.75, 3.05) is 0 Å². The van der Waals surface area contributed by atoms with Crippen molar-refractivity contribution in [3.63, 3.8) is 0 Å². The zero-order chi connectivity index (χ0) is 10.8. The highest BCUT2D eigenvalue weighted by molar-refractivity contribution is 9.10. The molecule has 0 fully saturated rings. The summed E-state index contributed by atoms with van der Waals surface area (Å²) in [5.74, 6) is 0. The van der Waals surface area contributed by atoms with E-state index in [4.69, 9.17) is 28.5 Å². The van der Waals surface area contributed by atoms with Crippen LogP contribution in [-0.2, 0) is 6.42 Å². The third-order valence-corrected chi connectivity index (χ3v) is 3.12. The van der Waals surface area contributed by atoms with E-state index >= 15 is 0 Å². The van der Waals surface area contributed by atoms with E-state index in [1.54, 1.807) is 0 Å². The minimum Gasteiger partial charge on any atom is -0.195 e. The average Bonchev–Trinajstić information content (AvgIpc) is 2.11. The van der Waals surface area contributed by atoms with E-state index in [0.29, 0.717) is 6.42 Å². The molecule has 0 saturated carbocycles. The van der Waals surface area contributed by atoms with Gasteiger partial charge >= 0.3 is 0 Å². The van der Waals surface area contributed by atoms with Crippen molar-refractivity contribution in [2.24, 2.45) is 0 Å². The fourth-order valence-electron chi connectivity index (χ4n) is 1.04. The molecule has 0 radical (unpaired) electrons. The molecule has 1 rings (SSSR count). The van der Waals surface area contributed by atoms with Crippen LogP contribution in [0.25, 0.3) is 0 Å². The summed E-state index contributed by atoms with van der Waals surface area (Å²) in [4.78, 5) is 0. The quantitative estimate of drug-likeness (QED) is 0.756. The SMILES string of the molecule is Cc1ccc(CC(Cl)(Cl)C#N)cc1Br. The van der Waals surface area contributed by atoms with Gasteiger partial charge in [-0.25, -0.2) is 0 Å². The lowest BCUT2D eigenvalue weighted by Gasteiger charge is -2.10. The predicted octanol–water partition coefficient (Wildman–Crippen LogP) is 4.00. The fourth-order valence-corrected chi connectivity index (χ4v) is 1.78. The van der Waals surface area contributed by atoms with Crippen molar-refractivity contribution >= 4 is 39.1 Å². The molecule has 0 unspecified atom stereocenters. The molecule has 0 saturated heterocycles. The normalized spacial score (nSPS) is 11.1. The summed E-state index contributed by atoms with van der Waals surface area (Å²) < 4.78 is -0.341. The van der Waals surface area contributed by atoms with E-state index in [1.807, 2.05) is 31.2 Å².